The largest absolute Gasteiger partial charge is 0.497 e. The van der Waals surface area contributed by atoms with Gasteiger partial charge in [-0.3, -0.25) is 4.79 Å². The molecule has 5 heteroatoms. The molecule has 1 amide bonds. The van der Waals surface area contributed by atoms with Crippen molar-refractivity contribution in [1.29, 1.82) is 0 Å². The smallest absolute Gasteiger partial charge is 0.259 e. The van der Waals surface area contributed by atoms with Crippen molar-refractivity contribution in [3.8, 4) is 5.75 Å². The highest BCUT2D eigenvalue weighted by atomic mass is 16.5. The summed E-state index contributed by atoms with van der Waals surface area (Å²) in [5.41, 5.74) is 4.52. The van der Waals surface area contributed by atoms with E-state index in [0.29, 0.717) is 0 Å². The zero-order valence-electron chi connectivity index (χ0n) is 11.1. The number of ether oxygens (including phenoxy) is 1. The van der Waals surface area contributed by atoms with Crippen LogP contribution >= 0.6 is 0 Å². The van der Waals surface area contributed by atoms with E-state index >= 15 is 0 Å². The summed E-state index contributed by atoms with van der Waals surface area (Å²) in [6.07, 6.45) is 4.36. The molecule has 0 unspecified atom stereocenters. The molecular formula is C14H19N3O2. The van der Waals surface area contributed by atoms with Crippen LogP contribution in [0.1, 0.15) is 25.7 Å². The van der Waals surface area contributed by atoms with E-state index in [1.165, 1.54) is 12.8 Å². The molecule has 0 spiro atoms. The summed E-state index contributed by atoms with van der Waals surface area (Å²) in [4.78, 5) is 11.6. The number of hydrazone groups is 1. The SMILES string of the molecule is COc1cccc(NCC(=O)NN=C2CCCC2)c1. The number of nitrogens with zero attached hydrogens (tertiary/aromatic N) is 1. The highest BCUT2D eigenvalue weighted by Gasteiger charge is 2.08. The molecule has 0 saturated heterocycles. The Hall–Kier alpha value is -2.04. The van der Waals surface area contributed by atoms with E-state index in [1.807, 2.05) is 24.3 Å². The Morgan fingerprint density at radius 1 is 1.37 bits per heavy atom. The second kappa shape index (κ2) is 6.78. The Morgan fingerprint density at radius 2 is 2.16 bits per heavy atom. The standard InChI is InChI=1S/C14H19N3O2/c1-19-13-8-4-7-12(9-13)15-10-14(18)17-16-11-5-2-3-6-11/h4,7-9,15H,2-3,5-6,10H2,1H3,(H,17,18). The summed E-state index contributed by atoms with van der Waals surface area (Å²) in [6, 6.07) is 7.46. The predicted molar refractivity (Wildman–Crippen MR) is 75.5 cm³/mol. The van der Waals surface area contributed by atoms with Crippen LogP contribution < -0.4 is 15.5 Å². The third-order valence-electron chi connectivity index (χ3n) is 3.04. The van der Waals surface area contributed by atoms with Crippen LogP contribution in [0.2, 0.25) is 0 Å². The summed E-state index contributed by atoms with van der Waals surface area (Å²) in [5.74, 6) is 0.624. The van der Waals surface area contributed by atoms with Gasteiger partial charge in [0.05, 0.1) is 13.7 Å². The summed E-state index contributed by atoms with van der Waals surface area (Å²) in [6.45, 7) is 0.198. The average molecular weight is 261 g/mol. The van der Waals surface area contributed by atoms with Gasteiger partial charge in [0.15, 0.2) is 0 Å². The highest BCUT2D eigenvalue weighted by molar-refractivity contribution is 5.88. The molecule has 0 heterocycles. The maximum Gasteiger partial charge on any atom is 0.259 e. The zero-order valence-corrected chi connectivity index (χ0v) is 11.1. The van der Waals surface area contributed by atoms with Crippen molar-refractivity contribution in [1.82, 2.24) is 5.43 Å². The lowest BCUT2D eigenvalue weighted by atomic mass is 10.3. The summed E-state index contributed by atoms with van der Waals surface area (Å²) >= 11 is 0. The number of nitrogens with one attached hydrogen (secondary N) is 2. The normalized spacial score (nSPS) is 14.1. The maximum absolute atomic E-state index is 11.6. The molecule has 1 aliphatic carbocycles. The molecule has 2 N–H and O–H groups in total. The number of hydrogen-bond acceptors (Lipinski definition) is 4. The Balaban J connectivity index is 1.77. The van der Waals surface area contributed by atoms with Crippen molar-refractivity contribution < 1.29 is 9.53 Å². The zero-order chi connectivity index (χ0) is 13.5. The first kappa shape index (κ1) is 13.4. The van der Waals surface area contributed by atoms with Crippen LogP contribution in [0.25, 0.3) is 0 Å². The third kappa shape index (κ3) is 4.28. The van der Waals surface area contributed by atoms with Gasteiger partial charge in [0, 0.05) is 17.5 Å². The van der Waals surface area contributed by atoms with Crippen LogP contribution in [-0.4, -0.2) is 25.3 Å². The summed E-state index contributed by atoms with van der Waals surface area (Å²) in [7, 11) is 1.61. The van der Waals surface area contributed by atoms with E-state index in [1.54, 1.807) is 7.11 Å². The molecule has 2 rings (SSSR count). The Bertz CT molecular complexity index is 464. The molecule has 0 aromatic heterocycles. The highest BCUT2D eigenvalue weighted by Crippen LogP contribution is 2.16. The maximum atomic E-state index is 11.6. The molecule has 0 bridgehead atoms. The molecular weight excluding hydrogens is 242 g/mol. The number of carbonyl (C=O) groups excluding carboxylic acids is 1. The van der Waals surface area contributed by atoms with Crippen LogP contribution in [0, 0.1) is 0 Å². The van der Waals surface area contributed by atoms with Crippen molar-refractivity contribution in [2.24, 2.45) is 5.10 Å². The molecule has 5 nitrogen and oxygen atoms in total. The van der Waals surface area contributed by atoms with Gasteiger partial charge in [-0.15, -0.1) is 0 Å². The van der Waals surface area contributed by atoms with Gasteiger partial charge in [0.25, 0.3) is 5.91 Å². The van der Waals surface area contributed by atoms with E-state index < -0.39 is 0 Å². The molecule has 1 aromatic rings. The quantitative estimate of drug-likeness (QED) is 0.798. The fourth-order valence-corrected chi connectivity index (χ4v) is 1.99. The number of benzene rings is 1. The molecule has 0 atom stereocenters. The molecule has 1 saturated carbocycles. The first-order valence-corrected chi connectivity index (χ1v) is 6.50. The fourth-order valence-electron chi connectivity index (χ4n) is 1.99. The van der Waals surface area contributed by atoms with E-state index in [2.05, 4.69) is 15.8 Å². The molecule has 1 aliphatic rings. The summed E-state index contributed by atoms with van der Waals surface area (Å²) in [5, 5.41) is 7.15. The van der Waals surface area contributed by atoms with Crippen molar-refractivity contribution in [2.45, 2.75) is 25.7 Å². The topological polar surface area (TPSA) is 62.7 Å². The van der Waals surface area contributed by atoms with Gasteiger partial charge in [0.1, 0.15) is 5.75 Å². The lowest BCUT2D eigenvalue weighted by Crippen LogP contribution is -2.26. The number of anilines is 1. The van der Waals surface area contributed by atoms with E-state index in [9.17, 15) is 4.79 Å². The minimum absolute atomic E-state index is 0.137. The van der Waals surface area contributed by atoms with Crippen LogP contribution in [0.3, 0.4) is 0 Å². The molecule has 1 fully saturated rings. The number of methoxy groups -OCH3 is 1. The van der Waals surface area contributed by atoms with Gasteiger partial charge in [0.2, 0.25) is 0 Å². The summed E-state index contributed by atoms with van der Waals surface area (Å²) < 4.78 is 5.11. The molecule has 0 radical (unpaired) electrons. The first-order valence-electron chi connectivity index (χ1n) is 6.50. The second-order valence-electron chi connectivity index (χ2n) is 4.51. The lowest BCUT2D eigenvalue weighted by molar-refractivity contribution is -0.119. The van der Waals surface area contributed by atoms with E-state index in [0.717, 1.165) is 30.0 Å². The third-order valence-corrected chi connectivity index (χ3v) is 3.04. The molecule has 19 heavy (non-hydrogen) atoms. The van der Waals surface area contributed by atoms with E-state index in [4.69, 9.17) is 4.74 Å². The first-order chi connectivity index (χ1) is 9.28. The van der Waals surface area contributed by atoms with Gasteiger partial charge in [-0.1, -0.05) is 6.07 Å². The van der Waals surface area contributed by atoms with Crippen molar-refractivity contribution >= 4 is 17.3 Å². The molecule has 0 aliphatic heterocycles. The Morgan fingerprint density at radius 3 is 2.89 bits per heavy atom. The monoisotopic (exact) mass is 261 g/mol. The number of carbonyl (C=O) groups is 1. The molecule has 102 valence electrons. The van der Waals surface area contributed by atoms with Gasteiger partial charge < -0.3 is 10.1 Å². The molecule has 1 aromatic carbocycles. The predicted octanol–water partition coefficient (Wildman–Crippen LogP) is 2.15. The Kier molecular flexibility index (Phi) is 4.78. The van der Waals surface area contributed by atoms with Crippen LogP contribution in [0.4, 0.5) is 5.69 Å². The lowest BCUT2D eigenvalue weighted by Gasteiger charge is -2.07. The van der Waals surface area contributed by atoms with Crippen molar-refractivity contribution in [3.63, 3.8) is 0 Å². The van der Waals surface area contributed by atoms with Crippen molar-refractivity contribution in [3.05, 3.63) is 24.3 Å². The number of hydrogen-bond donors (Lipinski definition) is 2. The average Bonchev–Trinajstić information content (AvgIpc) is 2.96. The number of amides is 1. The van der Waals surface area contributed by atoms with Gasteiger partial charge in [-0.2, -0.15) is 5.10 Å². The van der Waals surface area contributed by atoms with E-state index in [-0.39, 0.29) is 12.5 Å². The van der Waals surface area contributed by atoms with Crippen LogP contribution in [0.15, 0.2) is 29.4 Å². The minimum Gasteiger partial charge on any atom is -0.497 e. The number of rotatable bonds is 5. The Labute approximate surface area is 113 Å². The van der Waals surface area contributed by atoms with Crippen molar-refractivity contribution in [2.75, 3.05) is 19.0 Å². The van der Waals surface area contributed by atoms with Gasteiger partial charge >= 0.3 is 0 Å². The van der Waals surface area contributed by atoms with Gasteiger partial charge in [-0.05, 0) is 37.8 Å². The second-order valence-corrected chi connectivity index (χ2v) is 4.51. The van der Waals surface area contributed by atoms with Crippen LogP contribution in [-0.2, 0) is 4.79 Å². The van der Waals surface area contributed by atoms with Crippen LogP contribution in [0.5, 0.6) is 5.75 Å². The van der Waals surface area contributed by atoms with Gasteiger partial charge in [-0.25, -0.2) is 5.43 Å². The minimum atomic E-state index is -0.137. The fraction of sp³-hybridized carbons (Fsp3) is 0.429.